The van der Waals surface area contributed by atoms with Crippen molar-refractivity contribution in [3.63, 3.8) is 0 Å². The Morgan fingerprint density at radius 2 is 1.83 bits per heavy atom. The van der Waals surface area contributed by atoms with Gasteiger partial charge in [0.1, 0.15) is 11.6 Å². The SMILES string of the molecule is Cn1c(=O)n(CCCO)c(=O)c2c1nc(-c1cccc(OC(F)(F)F)c1)n2Cc1ccc(C#N)cc1. The van der Waals surface area contributed by atoms with E-state index in [2.05, 4.69) is 9.72 Å². The zero-order valence-electron chi connectivity index (χ0n) is 19.0. The highest BCUT2D eigenvalue weighted by Crippen LogP contribution is 2.29. The van der Waals surface area contributed by atoms with Crippen molar-refractivity contribution in [3.8, 4) is 23.2 Å². The highest BCUT2D eigenvalue weighted by atomic mass is 19.4. The fraction of sp³-hybridized carbons (Fsp3) is 0.250. The summed E-state index contributed by atoms with van der Waals surface area (Å²) < 4.78 is 46.1. The van der Waals surface area contributed by atoms with E-state index >= 15 is 0 Å². The van der Waals surface area contributed by atoms with Crippen molar-refractivity contribution in [2.75, 3.05) is 6.61 Å². The molecule has 0 aliphatic carbocycles. The molecule has 0 saturated carbocycles. The predicted octanol–water partition coefficient (Wildman–Crippen LogP) is 2.76. The summed E-state index contributed by atoms with van der Waals surface area (Å²) in [6.07, 6.45) is -4.72. The van der Waals surface area contributed by atoms with Gasteiger partial charge in [-0.3, -0.25) is 13.9 Å². The third-order valence-electron chi connectivity index (χ3n) is 5.52. The molecule has 0 amide bonds. The number of benzene rings is 2. The summed E-state index contributed by atoms with van der Waals surface area (Å²) in [6.45, 7) is -0.172. The Morgan fingerprint density at radius 1 is 1.11 bits per heavy atom. The second kappa shape index (κ2) is 9.71. The number of fused-ring (bicyclic) bond motifs is 1. The molecule has 0 aliphatic rings. The van der Waals surface area contributed by atoms with E-state index in [-0.39, 0.29) is 48.7 Å². The smallest absolute Gasteiger partial charge is 0.406 e. The van der Waals surface area contributed by atoms with E-state index in [0.717, 1.165) is 16.7 Å². The summed E-state index contributed by atoms with van der Waals surface area (Å²) >= 11 is 0. The summed E-state index contributed by atoms with van der Waals surface area (Å²) in [6, 6.07) is 13.7. The number of aryl methyl sites for hydroxylation is 1. The van der Waals surface area contributed by atoms with E-state index in [9.17, 15) is 27.9 Å². The van der Waals surface area contributed by atoms with Gasteiger partial charge in [-0.05, 0) is 36.2 Å². The van der Waals surface area contributed by atoms with E-state index in [0.29, 0.717) is 11.1 Å². The maximum Gasteiger partial charge on any atom is 0.573 e. The molecule has 9 nitrogen and oxygen atoms in total. The van der Waals surface area contributed by atoms with Gasteiger partial charge < -0.3 is 14.4 Å². The molecule has 4 aromatic rings. The standard InChI is InChI=1S/C24H20F3N5O4/c1-30-21-19(22(34)31(23(30)35)10-3-11-33)32(14-16-8-6-15(13-28)7-9-16)20(29-21)17-4-2-5-18(12-17)36-24(25,26)27/h2,4-9,12,33H,3,10-11,14H2,1H3. The first-order valence-corrected chi connectivity index (χ1v) is 10.8. The lowest BCUT2D eigenvalue weighted by Gasteiger charge is -2.13. The van der Waals surface area contributed by atoms with Gasteiger partial charge in [-0.2, -0.15) is 5.26 Å². The first-order chi connectivity index (χ1) is 17.1. The molecule has 4 rings (SSSR count). The van der Waals surface area contributed by atoms with E-state index in [1.54, 1.807) is 24.3 Å². The van der Waals surface area contributed by atoms with Crippen LogP contribution in [0.25, 0.3) is 22.6 Å². The summed E-state index contributed by atoms with van der Waals surface area (Å²) in [5, 5.41) is 18.3. The number of imidazole rings is 1. The minimum absolute atomic E-state index is 0.0236. The lowest BCUT2D eigenvalue weighted by atomic mass is 10.1. The van der Waals surface area contributed by atoms with Crippen molar-refractivity contribution >= 4 is 11.2 Å². The van der Waals surface area contributed by atoms with Crippen molar-refractivity contribution < 1.29 is 23.0 Å². The maximum atomic E-state index is 13.4. The number of halogens is 3. The first kappa shape index (κ1) is 24.7. The molecule has 2 aromatic carbocycles. The Bertz CT molecular complexity index is 1580. The van der Waals surface area contributed by atoms with Crippen molar-refractivity contribution in [1.82, 2.24) is 18.7 Å². The summed E-state index contributed by atoms with van der Waals surface area (Å²) in [5.41, 5.74) is 0.192. The van der Waals surface area contributed by atoms with Crippen LogP contribution in [0.4, 0.5) is 13.2 Å². The van der Waals surface area contributed by atoms with Crippen molar-refractivity contribution in [2.24, 2.45) is 7.05 Å². The number of aliphatic hydroxyl groups excluding tert-OH is 1. The minimum atomic E-state index is -4.90. The van der Waals surface area contributed by atoms with Gasteiger partial charge in [-0.25, -0.2) is 9.78 Å². The van der Waals surface area contributed by atoms with Crippen LogP contribution in [0.3, 0.4) is 0 Å². The van der Waals surface area contributed by atoms with E-state index < -0.39 is 23.4 Å². The van der Waals surface area contributed by atoms with Gasteiger partial charge >= 0.3 is 12.1 Å². The molecular weight excluding hydrogens is 479 g/mol. The maximum absolute atomic E-state index is 13.4. The van der Waals surface area contributed by atoms with Gasteiger partial charge in [0, 0.05) is 32.3 Å². The number of aliphatic hydroxyl groups is 1. The summed E-state index contributed by atoms with van der Waals surface area (Å²) in [7, 11) is 1.44. The highest BCUT2D eigenvalue weighted by molar-refractivity contribution is 5.77. The second-order valence-electron chi connectivity index (χ2n) is 7.95. The molecule has 0 aliphatic heterocycles. The lowest BCUT2D eigenvalue weighted by Crippen LogP contribution is -2.39. The molecule has 12 heteroatoms. The van der Waals surface area contributed by atoms with Crippen LogP contribution in [0.5, 0.6) is 5.75 Å². The van der Waals surface area contributed by atoms with Gasteiger partial charge in [-0.1, -0.05) is 24.3 Å². The molecule has 0 spiro atoms. The topological polar surface area (TPSA) is 115 Å². The van der Waals surface area contributed by atoms with Gasteiger partial charge in [0.25, 0.3) is 5.56 Å². The van der Waals surface area contributed by atoms with Crippen LogP contribution in [0.2, 0.25) is 0 Å². The van der Waals surface area contributed by atoms with Crippen molar-refractivity contribution in [3.05, 3.63) is 80.5 Å². The van der Waals surface area contributed by atoms with Gasteiger partial charge in [0.05, 0.1) is 11.6 Å². The molecule has 0 bridgehead atoms. The Labute approximate surface area is 201 Å². The molecule has 2 aromatic heterocycles. The van der Waals surface area contributed by atoms with E-state index in [1.807, 2.05) is 6.07 Å². The number of ether oxygens (including phenoxy) is 1. The van der Waals surface area contributed by atoms with Crippen LogP contribution >= 0.6 is 0 Å². The number of rotatable bonds is 7. The second-order valence-corrected chi connectivity index (χ2v) is 7.95. The van der Waals surface area contributed by atoms with Crippen LogP contribution < -0.4 is 16.0 Å². The van der Waals surface area contributed by atoms with Crippen molar-refractivity contribution in [1.29, 1.82) is 5.26 Å². The van der Waals surface area contributed by atoms with Crippen LogP contribution in [-0.4, -0.2) is 36.8 Å². The molecule has 0 atom stereocenters. The molecule has 2 heterocycles. The van der Waals surface area contributed by atoms with Crippen LogP contribution in [0.1, 0.15) is 17.5 Å². The molecule has 0 unspecified atom stereocenters. The molecule has 1 N–H and O–H groups in total. The third-order valence-corrected chi connectivity index (χ3v) is 5.52. The number of hydrogen-bond donors (Lipinski definition) is 1. The predicted molar refractivity (Wildman–Crippen MR) is 123 cm³/mol. The summed E-state index contributed by atoms with van der Waals surface area (Å²) in [4.78, 5) is 30.7. The third kappa shape index (κ3) is 4.87. The van der Waals surface area contributed by atoms with Crippen LogP contribution in [-0.2, 0) is 20.1 Å². The molecular formula is C24H20F3N5O4. The quantitative estimate of drug-likeness (QED) is 0.418. The van der Waals surface area contributed by atoms with Crippen molar-refractivity contribution in [2.45, 2.75) is 25.9 Å². The lowest BCUT2D eigenvalue weighted by molar-refractivity contribution is -0.274. The van der Waals surface area contributed by atoms with E-state index in [1.165, 1.54) is 28.3 Å². The number of hydrogen-bond acceptors (Lipinski definition) is 6. The fourth-order valence-corrected chi connectivity index (χ4v) is 3.87. The monoisotopic (exact) mass is 499 g/mol. The Kier molecular flexibility index (Phi) is 6.67. The Balaban J connectivity index is 1.97. The number of aromatic nitrogens is 4. The Hall–Kier alpha value is -4.37. The molecule has 36 heavy (non-hydrogen) atoms. The molecule has 186 valence electrons. The fourth-order valence-electron chi connectivity index (χ4n) is 3.87. The number of nitrogens with zero attached hydrogens (tertiary/aromatic N) is 5. The average molecular weight is 499 g/mol. The minimum Gasteiger partial charge on any atom is -0.406 e. The summed E-state index contributed by atoms with van der Waals surface area (Å²) in [5.74, 6) is -0.319. The first-order valence-electron chi connectivity index (χ1n) is 10.8. The average Bonchev–Trinajstić information content (AvgIpc) is 3.22. The molecule has 0 fully saturated rings. The highest BCUT2D eigenvalue weighted by Gasteiger charge is 2.31. The van der Waals surface area contributed by atoms with Crippen LogP contribution in [0, 0.1) is 11.3 Å². The van der Waals surface area contributed by atoms with Gasteiger partial charge in [0.2, 0.25) is 0 Å². The number of alkyl halides is 3. The zero-order valence-corrected chi connectivity index (χ0v) is 19.0. The number of nitriles is 1. The van der Waals surface area contributed by atoms with E-state index in [4.69, 9.17) is 5.26 Å². The Morgan fingerprint density at radius 3 is 2.47 bits per heavy atom. The van der Waals surface area contributed by atoms with Crippen LogP contribution in [0.15, 0.2) is 58.1 Å². The largest absolute Gasteiger partial charge is 0.573 e. The normalized spacial score (nSPS) is 11.6. The van der Waals surface area contributed by atoms with Gasteiger partial charge in [0.15, 0.2) is 11.2 Å². The molecule has 0 saturated heterocycles. The zero-order chi connectivity index (χ0) is 26.0. The molecule has 0 radical (unpaired) electrons. The van der Waals surface area contributed by atoms with Gasteiger partial charge in [-0.15, -0.1) is 13.2 Å².